The van der Waals surface area contributed by atoms with Gasteiger partial charge in [-0.25, -0.2) is 8.78 Å². The molecule has 0 aliphatic rings. The van der Waals surface area contributed by atoms with E-state index in [1.165, 1.54) is 12.3 Å². The molecule has 2 aromatic heterocycles. The van der Waals surface area contributed by atoms with Gasteiger partial charge in [0.15, 0.2) is 0 Å². The number of aromatic nitrogens is 3. The molecule has 110 valence electrons. The molecule has 0 aliphatic heterocycles. The van der Waals surface area contributed by atoms with Crippen molar-refractivity contribution >= 4 is 10.9 Å². The smallest absolute Gasteiger partial charge is 0.282 e. The third kappa shape index (κ3) is 2.31. The molecular formula is C16H12F2N4. The third-order valence-corrected chi connectivity index (χ3v) is 3.54. The van der Waals surface area contributed by atoms with Crippen LogP contribution in [0.1, 0.15) is 24.6 Å². The van der Waals surface area contributed by atoms with Crippen LogP contribution in [0.5, 0.6) is 0 Å². The van der Waals surface area contributed by atoms with Gasteiger partial charge < -0.3 is 4.57 Å². The maximum absolute atomic E-state index is 12.8. The average Bonchev–Trinajstić information content (AvgIpc) is 2.92. The van der Waals surface area contributed by atoms with Crippen LogP contribution in [0.4, 0.5) is 8.78 Å². The molecule has 0 atom stereocenters. The van der Waals surface area contributed by atoms with Gasteiger partial charge in [-0.05, 0) is 31.2 Å². The first-order valence-electron chi connectivity index (χ1n) is 6.78. The number of aryl methyl sites for hydroxylation is 1. The van der Waals surface area contributed by atoms with Crippen LogP contribution in [-0.4, -0.2) is 14.8 Å². The first-order valence-corrected chi connectivity index (χ1v) is 6.78. The van der Waals surface area contributed by atoms with Crippen molar-refractivity contribution in [2.45, 2.75) is 19.9 Å². The summed E-state index contributed by atoms with van der Waals surface area (Å²) < 4.78 is 27.6. The molecule has 0 radical (unpaired) electrons. The van der Waals surface area contributed by atoms with E-state index in [0.717, 1.165) is 16.6 Å². The molecule has 0 N–H and O–H groups in total. The quantitative estimate of drug-likeness (QED) is 0.736. The first kappa shape index (κ1) is 14.1. The second-order valence-electron chi connectivity index (χ2n) is 4.83. The van der Waals surface area contributed by atoms with Crippen LogP contribution in [0, 0.1) is 11.3 Å². The molecule has 3 rings (SSSR count). The second kappa shape index (κ2) is 5.53. The van der Waals surface area contributed by atoms with Crippen molar-refractivity contribution in [3.8, 4) is 17.3 Å². The van der Waals surface area contributed by atoms with Crippen molar-refractivity contribution in [3.63, 3.8) is 0 Å². The Morgan fingerprint density at radius 3 is 2.77 bits per heavy atom. The fourth-order valence-electron chi connectivity index (χ4n) is 2.53. The number of fused-ring (bicyclic) bond motifs is 1. The lowest BCUT2D eigenvalue weighted by Crippen LogP contribution is -1.99. The molecule has 0 fully saturated rings. The van der Waals surface area contributed by atoms with Crippen LogP contribution in [0.25, 0.3) is 22.2 Å². The van der Waals surface area contributed by atoms with Crippen molar-refractivity contribution in [1.29, 1.82) is 5.26 Å². The van der Waals surface area contributed by atoms with E-state index < -0.39 is 6.43 Å². The van der Waals surface area contributed by atoms with Gasteiger partial charge in [-0.3, -0.25) is 0 Å². The minimum absolute atomic E-state index is 0.344. The lowest BCUT2D eigenvalue weighted by atomic mass is 10.1. The van der Waals surface area contributed by atoms with Crippen LogP contribution < -0.4 is 0 Å². The van der Waals surface area contributed by atoms with E-state index >= 15 is 0 Å². The number of alkyl halides is 2. The highest BCUT2D eigenvalue weighted by Crippen LogP contribution is 2.30. The molecule has 2 heterocycles. The zero-order valence-electron chi connectivity index (χ0n) is 11.8. The van der Waals surface area contributed by atoms with E-state index in [9.17, 15) is 8.78 Å². The van der Waals surface area contributed by atoms with Gasteiger partial charge in [-0.1, -0.05) is 6.07 Å². The highest BCUT2D eigenvalue weighted by molar-refractivity contribution is 5.88. The van der Waals surface area contributed by atoms with Crippen molar-refractivity contribution in [2.75, 3.05) is 0 Å². The van der Waals surface area contributed by atoms with Crippen LogP contribution in [0.3, 0.4) is 0 Å². The lowest BCUT2D eigenvalue weighted by molar-refractivity contribution is 0.145. The topological polar surface area (TPSA) is 54.5 Å². The zero-order valence-corrected chi connectivity index (χ0v) is 11.8. The average molecular weight is 298 g/mol. The molecule has 0 unspecified atom stereocenters. The zero-order chi connectivity index (χ0) is 15.7. The van der Waals surface area contributed by atoms with E-state index in [2.05, 4.69) is 16.3 Å². The summed E-state index contributed by atoms with van der Waals surface area (Å²) in [6.07, 6.45) is -1.19. The number of rotatable bonds is 3. The number of nitrogens with zero attached hydrogens (tertiary/aromatic N) is 4. The predicted octanol–water partition coefficient (Wildman–Crippen LogP) is 3.93. The fraction of sp³-hybridized carbons (Fsp3) is 0.188. The molecule has 3 aromatic rings. The molecule has 22 heavy (non-hydrogen) atoms. The van der Waals surface area contributed by atoms with Crippen molar-refractivity contribution in [3.05, 3.63) is 47.8 Å². The van der Waals surface area contributed by atoms with Crippen LogP contribution >= 0.6 is 0 Å². The summed E-state index contributed by atoms with van der Waals surface area (Å²) in [5, 5.41) is 17.1. The van der Waals surface area contributed by atoms with Gasteiger partial charge in [0, 0.05) is 23.0 Å². The van der Waals surface area contributed by atoms with Gasteiger partial charge in [0.2, 0.25) is 0 Å². The minimum Gasteiger partial charge on any atom is -0.341 e. The molecule has 6 heteroatoms. The standard InChI is InChI=1S/C16H12F2N4/c1-2-22-14-5-10(8-19)3-4-11(14)7-15(22)12-6-13(16(17)18)21-20-9-12/h3-7,9,16H,2H2,1H3. The number of nitriles is 1. The van der Waals surface area contributed by atoms with Crippen LogP contribution in [0.2, 0.25) is 0 Å². The largest absolute Gasteiger partial charge is 0.341 e. The monoisotopic (exact) mass is 298 g/mol. The Kier molecular flexibility index (Phi) is 3.55. The third-order valence-electron chi connectivity index (χ3n) is 3.54. The highest BCUT2D eigenvalue weighted by Gasteiger charge is 2.14. The van der Waals surface area contributed by atoms with Gasteiger partial charge in [0.05, 0.1) is 23.5 Å². The van der Waals surface area contributed by atoms with Crippen LogP contribution in [0.15, 0.2) is 36.5 Å². The Balaban J connectivity index is 2.23. The van der Waals surface area contributed by atoms with Crippen molar-refractivity contribution in [1.82, 2.24) is 14.8 Å². The molecule has 0 saturated heterocycles. The summed E-state index contributed by atoms with van der Waals surface area (Å²) in [5.41, 5.74) is 2.48. The molecule has 4 nitrogen and oxygen atoms in total. The predicted molar refractivity (Wildman–Crippen MR) is 78.3 cm³/mol. The molecular weight excluding hydrogens is 286 g/mol. The maximum Gasteiger partial charge on any atom is 0.282 e. The number of hydrogen-bond donors (Lipinski definition) is 0. The summed E-state index contributed by atoms with van der Waals surface area (Å²) in [6.45, 7) is 2.62. The molecule has 0 bridgehead atoms. The van der Waals surface area contributed by atoms with E-state index in [4.69, 9.17) is 5.26 Å². The second-order valence-corrected chi connectivity index (χ2v) is 4.83. The Morgan fingerprint density at radius 1 is 1.27 bits per heavy atom. The van der Waals surface area contributed by atoms with E-state index in [1.807, 2.05) is 23.6 Å². The van der Waals surface area contributed by atoms with E-state index in [-0.39, 0.29) is 5.69 Å². The molecule has 0 amide bonds. The normalized spacial score (nSPS) is 11.0. The van der Waals surface area contributed by atoms with Crippen molar-refractivity contribution in [2.24, 2.45) is 0 Å². The Morgan fingerprint density at radius 2 is 2.09 bits per heavy atom. The SMILES string of the molecule is CCn1c(-c2cnnc(C(F)F)c2)cc2ccc(C#N)cc21. The van der Waals surface area contributed by atoms with Crippen molar-refractivity contribution < 1.29 is 8.78 Å². The summed E-state index contributed by atoms with van der Waals surface area (Å²) in [4.78, 5) is 0. The van der Waals surface area contributed by atoms with Gasteiger partial charge in [-0.2, -0.15) is 10.4 Å². The molecule has 0 saturated carbocycles. The van der Waals surface area contributed by atoms with Gasteiger partial charge >= 0.3 is 0 Å². The van der Waals surface area contributed by atoms with Gasteiger partial charge in [0.1, 0.15) is 5.69 Å². The number of halogens is 2. The Labute approximate surface area is 125 Å². The summed E-state index contributed by atoms with van der Waals surface area (Å²) in [7, 11) is 0. The molecule has 0 aliphatic carbocycles. The van der Waals surface area contributed by atoms with E-state index in [0.29, 0.717) is 17.7 Å². The number of benzene rings is 1. The summed E-state index contributed by atoms with van der Waals surface area (Å²) in [6, 6.07) is 10.8. The van der Waals surface area contributed by atoms with Gasteiger partial charge in [0.25, 0.3) is 6.43 Å². The Hall–Kier alpha value is -2.81. The highest BCUT2D eigenvalue weighted by atomic mass is 19.3. The molecule has 0 spiro atoms. The maximum atomic E-state index is 12.8. The lowest BCUT2D eigenvalue weighted by Gasteiger charge is -2.08. The first-order chi connectivity index (χ1) is 10.6. The summed E-state index contributed by atoms with van der Waals surface area (Å²) >= 11 is 0. The minimum atomic E-state index is -2.66. The number of hydrogen-bond acceptors (Lipinski definition) is 3. The van der Waals surface area contributed by atoms with E-state index in [1.54, 1.807) is 12.1 Å². The Bertz CT molecular complexity index is 877. The van der Waals surface area contributed by atoms with Crippen LogP contribution in [-0.2, 0) is 6.54 Å². The fourth-order valence-corrected chi connectivity index (χ4v) is 2.53. The summed E-state index contributed by atoms with van der Waals surface area (Å²) in [5.74, 6) is 0. The molecule has 1 aromatic carbocycles. The van der Waals surface area contributed by atoms with Gasteiger partial charge in [-0.15, -0.1) is 5.10 Å².